The van der Waals surface area contributed by atoms with Gasteiger partial charge in [0.2, 0.25) is 0 Å². The van der Waals surface area contributed by atoms with Gasteiger partial charge in [-0.3, -0.25) is 0 Å². The van der Waals surface area contributed by atoms with Gasteiger partial charge in [0, 0.05) is 13.0 Å². The van der Waals surface area contributed by atoms with Gasteiger partial charge in [-0.2, -0.15) is 9.61 Å². The highest BCUT2D eigenvalue weighted by molar-refractivity contribution is 6.29. The van der Waals surface area contributed by atoms with E-state index < -0.39 is 0 Å². The Morgan fingerprint density at radius 1 is 1.31 bits per heavy atom. The maximum atomic E-state index is 5.81. The third kappa shape index (κ3) is 2.48. The monoisotopic (exact) mass is 240 g/mol. The van der Waals surface area contributed by atoms with Gasteiger partial charge in [-0.1, -0.05) is 18.5 Å². The van der Waals surface area contributed by atoms with Gasteiger partial charge >= 0.3 is 0 Å². The molecular weight excluding hydrogens is 228 g/mol. The lowest BCUT2D eigenvalue weighted by atomic mass is 10.4. The zero-order chi connectivity index (χ0) is 11.4. The lowest BCUT2D eigenvalue weighted by Gasteiger charge is -2.00. The molecule has 0 spiro atoms. The van der Waals surface area contributed by atoms with Crippen molar-refractivity contribution in [3.8, 4) is 0 Å². The van der Waals surface area contributed by atoms with Crippen molar-refractivity contribution in [2.45, 2.75) is 19.8 Å². The first kappa shape index (κ1) is 11.3. The summed E-state index contributed by atoms with van der Waals surface area (Å²) in [5.74, 6) is 0.772. The molecule has 0 fully saturated rings. The maximum Gasteiger partial charge on any atom is 0.178 e. The number of hydrogen-bond donors (Lipinski definition) is 0. The van der Waals surface area contributed by atoms with Crippen molar-refractivity contribution in [2.75, 3.05) is 13.2 Å². The number of hydrogen-bond acceptors (Lipinski definition) is 4. The van der Waals surface area contributed by atoms with Crippen molar-refractivity contribution in [3.05, 3.63) is 23.1 Å². The van der Waals surface area contributed by atoms with Gasteiger partial charge in [-0.05, 0) is 18.6 Å². The summed E-state index contributed by atoms with van der Waals surface area (Å²) in [6.07, 6.45) is 1.71. The third-order valence-corrected chi connectivity index (χ3v) is 2.31. The molecule has 2 aromatic rings. The van der Waals surface area contributed by atoms with Gasteiger partial charge in [-0.25, -0.2) is 0 Å². The molecule has 0 amide bonds. The van der Waals surface area contributed by atoms with E-state index >= 15 is 0 Å². The Balaban J connectivity index is 2.09. The molecule has 2 heterocycles. The van der Waals surface area contributed by atoms with Gasteiger partial charge in [0.05, 0.1) is 6.61 Å². The number of nitrogens with zero attached hydrogens (tertiary/aromatic N) is 4. The van der Waals surface area contributed by atoms with E-state index in [9.17, 15) is 0 Å². The van der Waals surface area contributed by atoms with E-state index in [4.69, 9.17) is 16.3 Å². The Morgan fingerprint density at radius 2 is 2.19 bits per heavy atom. The van der Waals surface area contributed by atoms with E-state index in [-0.39, 0.29) is 0 Å². The molecule has 5 nitrogen and oxygen atoms in total. The highest BCUT2D eigenvalue weighted by Gasteiger charge is 2.06. The van der Waals surface area contributed by atoms with E-state index in [2.05, 4.69) is 22.2 Å². The fourth-order valence-corrected chi connectivity index (χ4v) is 1.52. The minimum absolute atomic E-state index is 0.433. The molecule has 0 aromatic carbocycles. The predicted molar refractivity (Wildman–Crippen MR) is 60.6 cm³/mol. The van der Waals surface area contributed by atoms with Crippen LogP contribution in [0.2, 0.25) is 5.15 Å². The zero-order valence-electron chi connectivity index (χ0n) is 9.06. The average Bonchev–Trinajstić information content (AvgIpc) is 2.67. The summed E-state index contributed by atoms with van der Waals surface area (Å²) >= 11 is 5.81. The van der Waals surface area contributed by atoms with Crippen molar-refractivity contribution < 1.29 is 4.74 Å². The first-order valence-corrected chi connectivity index (χ1v) is 5.63. The quantitative estimate of drug-likeness (QED) is 0.748. The van der Waals surface area contributed by atoms with Crippen molar-refractivity contribution >= 4 is 17.2 Å². The van der Waals surface area contributed by atoms with Crippen LogP contribution in [0.3, 0.4) is 0 Å². The van der Waals surface area contributed by atoms with Crippen molar-refractivity contribution in [2.24, 2.45) is 0 Å². The zero-order valence-corrected chi connectivity index (χ0v) is 9.81. The van der Waals surface area contributed by atoms with Gasteiger partial charge in [0.25, 0.3) is 0 Å². The molecule has 0 radical (unpaired) electrons. The Hall–Kier alpha value is -1.20. The Morgan fingerprint density at radius 3 is 3.00 bits per heavy atom. The minimum Gasteiger partial charge on any atom is -0.381 e. The van der Waals surface area contributed by atoms with Crippen molar-refractivity contribution in [1.82, 2.24) is 19.8 Å². The first-order chi connectivity index (χ1) is 7.81. The van der Waals surface area contributed by atoms with Gasteiger partial charge in [0.15, 0.2) is 11.5 Å². The molecule has 0 unspecified atom stereocenters. The number of fused-ring (bicyclic) bond motifs is 1. The summed E-state index contributed by atoms with van der Waals surface area (Å²) in [6.45, 7) is 3.47. The second-order valence-corrected chi connectivity index (χ2v) is 3.79. The Bertz CT molecular complexity index is 471. The Kier molecular flexibility index (Phi) is 3.69. The molecule has 0 saturated carbocycles. The van der Waals surface area contributed by atoms with Crippen LogP contribution in [0.4, 0.5) is 0 Å². The molecule has 16 heavy (non-hydrogen) atoms. The van der Waals surface area contributed by atoms with Crippen LogP contribution in [0, 0.1) is 0 Å². The molecule has 0 atom stereocenters. The van der Waals surface area contributed by atoms with E-state index in [0.29, 0.717) is 23.8 Å². The van der Waals surface area contributed by atoms with Gasteiger partial charge in [-0.15, -0.1) is 10.2 Å². The van der Waals surface area contributed by atoms with E-state index in [1.807, 2.05) is 0 Å². The van der Waals surface area contributed by atoms with E-state index in [0.717, 1.165) is 18.9 Å². The standard InChI is InChI=1S/C10H13ClN4O/c1-2-6-16-7-5-10-13-12-9-4-3-8(11)14-15(9)10/h3-4H,2,5-7H2,1H3. The maximum absolute atomic E-state index is 5.81. The van der Waals surface area contributed by atoms with Crippen LogP contribution in [0.1, 0.15) is 19.2 Å². The Labute approximate surface area is 98.4 Å². The number of ether oxygens (including phenoxy) is 1. The number of rotatable bonds is 5. The summed E-state index contributed by atoms with van der Waals surface area (Å²) in [5.41, 5.74) is 0.704. The molecule has 86 valence electrons. The molecule has 0 aliphatic heterocycles. The highest BCUT2D eigenvalue weighted by Crippen LogP contribution is 2.07. The molecule has 0 saturated heterocycles. The third-order valence-electron chi connectivity index (χ3n) is 2.11. The summed E-state index contributed by atoms with van der Waals surface area (Å²) < 4.78 is 7.04. The lowest BCUT2D eigenvalue weighted by Crippen LogP contribution is -2.05. The van der Waals surface area contributed by atoms with Crippen LogP contribution in [0.25, 0.3) is 5.65 Å². The molecule has 0 N–H and O–H groups in total. The van der Waals surface area contributed by atoms with Crippen LogP contribution in [-0.2, 0) is 11.2 Å². The van der Waals surface area contributed by atoms with Crippen LogP contribution in [0.15, 0.2) is 12.1 Å². The minimum atomic E-state index is 0.433. The second kappa shape index (κ2) is 5.23. The second-order valence-electron chi connectivity index (χ2n) is 3.40. The highest BCUT2D eigenvalue weighted by atomic mass is 35.5. The first-order valence-electron chi connectivity index (χ1n) is 5.26. The predicted octanol–water partition coefficient (Wildman–Crippen LogP) is 1.75. The van der Waals surface area contributed by atoms with Crippen molar-refractivity contribution in [3.63, 3.8) is 0 Å². The smallest absolute Gasteiger partial charge is 0.178 e. The number of halogens is 1. The normalized spacial score (nSPS) is 11.1. The van der Waals surface area contributed by atoms with Gasteiger partial charge < -0.3 is 4.74 Å². The summed E-state index contributed by atoms with van der Waals surface area (Å²) in [6, 6.07) is 3.49. The number of aromatic nitrogens is 4. The van der Waals surface area contributed by atoms with E-state index in [1.54, 1.807) is 16.6 Å². The average molecular weight is 241 g/mol. The lowest BCUT2D eigenvalue weighted by molar-refractivity contribution is 0.136. The van der Waals surface area contributed by atoms with Gasteiger partial charge in [0.1, 0.15) is 5.15 Å². The van der Waals surface area contributed by atoms with Crippen LogP contribution >= 0.6 is 11.6 Å². The SMILES string of the molecule is CCCOCCc1nnc2ccc(Cl)nn12. The van der Waals surface area contributed by atoms with Crippen LogP contribution in [0.5, 0.6) is 0 Å². The topological polar surface area (TPSA) is 52.3 Å². The largest absolute Gasteiger partial charge is 0.381 e. The van der Waals surface area contributed by atoms with Crippen molar-refractivity contribution in [1.29, 1.82) is 0 Å². The molecule has 0 bridgehead atoms. The molecular formula is C10H13ClN4O. The fourth-order valence-electron chi connectivity index (χ4n) is 1.38. The summed E-state index contributed by atoms with van der Waals surface area (Å²) in [7, 11) is 0. The molecule has 0 aliphatic carbocycles. The molecule has 0 aliphatic rings. The van der Waals surface area contributed by atoms with Crippen LogP contribution in [-0.4, -0.2) is 33.0 Å². The van der Waals surface area contributed by atoms with E-state index in [1.165, 1.54) is 0 Å². The summed E-state index contributed by atoms with van der Waals surface area (Å²) in [5, 5.41) is 12.6. The fraction of sp³-hybridized carbons (Fsp3) is 0.500. The molecule has 6 heteroatoms. The molecule has 2 rings (SSSR count). The molecule has 2 aromatic heterocycles. The van der Waals surface area contributed by atoms with Crippen LogP contribution < -0.4 is 0 Å². The summed E-state index contributed by atoms with van der Waals surface area (Å²) in [4.78, 5) is 0.